The van der Waals surface area contributed by atoms with E-state index in [9.17, 15) is 21.6 Å². The third-order valence-corrected chi connectivity index (χ3v) is 4.49. The van der Waals surface area contributed by atoms with Gasteiger partial charge in [0, 0.05) is 6.54 Å². The monoisotopic (exact) mass is 309 g/mol. The molecule has 5 nitrogen and oxygen atoms in total. The Kier molecular flexibility index (Phi) is 4.77. The largest absolute Gasteiger partial charge is 0.417 e. The molecule has 0 aliphatic carbocycles. The first-order valence-corrected chi connectivity index (χ1v) is 7.04. The van der Waals surface area contributed by atoms with E-state index in [1.165, 1.54) is 13.0 Å². The summed E-state index contributed by atoms with van der Waals surface area (Å²) in [5.41, 5.74) is 3.89. The molecule has 0 aliphatic rings. The van der Waals surface area contributed by atoms with Crippen LogP contribution in [0.3, 0.4) is 0 Å². The highest BCUT2D eigenvalue weighted by Crippen LogP contribution is 2.34. The molecule has 1 rings (SSSR count). The zero-order chi connectivity index (χ0) is 15.6. The molecule has 0 saturated carbocycles. The summed E-state index contributed by atoms with van der Waals surface area (Å²) < 4.78 is 63.8. The molecule has 0 spiro atoms. The van der Waals surface area contributed by atoms with Crippen molar-refractivity contribution in [1.82, 2.24) is 4.31 Å². The third kappa shape index (κ3) is 3.48. The molecule has 112 valence electrons. The molecule has 0 aliphatic heterocycles. The van der Waals surface area contributed by atoms with E-state index in [1.807, 2.05) is 0 Å². The van der Waals surface area contributed by atoms with Crippen molar-refractivity contribution in [3.63, 3.8) is 0 Å². The van der Waals surface area contributed by atoms with Crippen molar-refractivity contribution in [1.29, 1.82) is 5.41 Å². The maximum absolute atomic E-state index is 12.9. The Morgan fingerprint density at radius 3 is 2.35 bits per heavy atom. The summed E-state index contributed by atoms with van der Waals surface area (Å²) in [5, 5.41) is 7.10. The highest BCUT2D eigenvalue weighted by molar-refractivity contribution is 7.89. The van der Waals surface area contributed by atoms with E-state index >= 15 is 0 Å². The second-order valence-corrected chi connectivity index (χ2v) is 5.86. The van der Waals surface area contributed by atoms with Crippen molar-refractivity contribution < 1.29 is 21.6 Å². The Morgan fingerprint density at radius 2 is 1.90 bits per heavy atom. The van der Waals surface area contributed by atoms with Crippen LogP contribution in [0.2, 0.25) is 0 Å². The van der Waals surface area contributed by atoms with Crippen LogP contribution in [0.4, 0.5) is 13.2 Å². The highest BCUT2D eigenvalue weighted by atomic mass is 32.2. The van der Waals surface area contributed by atoms with Crippen LogP contribution in [0, 0.1) is 5.41 Å². The standard InChI is InChI=1S/C11H14F3N3O2S/c1-2-17(7-10(15)16)20(18,19)9-6-4-3-5-8(9)11(12,13)14/h3-6H,2,7H2,1H3,(H3,15,16). The zero-order valence-electron chi connectivity index (χ0n) is 10.6. The van der Waals surface area contributed by atoms with Gasteiger partial charge in [-0.15, -0.1) is 0 Å². The Morgan fingerprint density at radius 1 is 1.35 bits per heavy atom. The lowest BCUT2D eigenvalue weighted by molar-refractivity contribution is -0.139. The Labute approximate surface area is 114 Å². The molecule has 0 atom stereocenters. The number of benzene rings is 1. The zero-order valence-corrected chi connectivity index (χ0v) is 11.4. The van der Waals surface area contributed by atoms with Crippen LogP contribution >= 0.6 is 0 Å². The van der Waals surface area contributed by atoms with Crippen molar-refractivity contribution in [2.24, 2.45) is 5.73 Å². The van der Waals surface area contributed by atoms with Gasteiger partial charge in [0.05, 0.1) is 17.0 Å². The van der Waals surface area contributed by atoms with Crippen LogP contribution in [0.5, 0.6) is 0 Å². The SMILES string of the molecule is CCN(CC(=N)N)S(=O)(=O)c1ccccc1C(F)(F)F. The predicted molar refractivity (Wildman–Crippen MR) is 67.8 cm³/mol. The smallest absolute Gasteiger partial charge is 0.387 e. The number of hydrogen-bond donors (Lipinski definition) is 2. The van der Waals surface area contributed by atoms with Gasteiger partial charge in [-0.1, -0.05) is 19.1 Å². The number of nitrogens with one attached hydrogen (secondary N) is 1. The number of sulfonamides is 1. The van der Waals surface area contributed by atoms with Crippen molar-refractivity contribution in [2.45, 2.75) is 18.0 Å². The van der Waals surface area contributed by atoms with Gasteiger partial charge in [0.2, 0.25) is 10.0 Å². The first-order chi connectivity index (χ1) is 9.10. The molecule has 0 saturated heterocycles. The molecule has 0 bridgehead atoms. The lowest BCUT2D eigenvalue weighted by Crippen LogP contribution is -2.38. The fraction of sp³-hybridized carbons (Fsp3) is 0.364. The molecule has 3 N–H and O–H groups in total. The average Bonchev–Trinajstić information content (AvgIpc) is 2.34. The van der Waals surface area contributed by atoms with Crippen molar-refractivity contribution in [3.8, 4) is 0 Å². The molecule has 0 radical (unpaired) electrons. The predicted octanol–water partition coefficient (Wildman–Crippen LogP) is 1.65. The molecule has 0 amide bonds. The summed E-state index contributed by atoms with van der Waals surface area (Å²) in [6, 6.07) is 3.92. The summed E-state index contributed by atoms with van der Waals surface area (Å²) in [6.07, 6.45) is -4.78. The first-order valence-electron chi connectivity index (χ1n) is 5.60. The number of rotatable bonds is 5. The molecule has 9 heteroatoms. The van der Waals surface area contributed by atoms with Gasteiger partial charge >= 0.3 is 6.18 Å². The van der Waals surface area contributed by atoms with E-state index in [0.717, 1.165) is 16.4 Å². The topological polar surface area (TPSA) is 87.2 Å². The van der Waals surface area contributed by atoms with E-state index < -0.39 is 39.0 Å². The lowest BCUT2D eigenvalue weighted by atomic mass is 10.2. The van der Waals surface area contributed by atoms with E-state index in [2.05, 4.69) is 0 Å². The summed E-state index contributed by atoms with van der Waals surface area (Å²) in [7, 11) is -4.37. The molecule has 1 aromatic carbocycles. The average molecular weight is 309 g/mol. The number of amidine groups is 1. The number of nitrogens with zero attached hydrogens (tertiary/aromatic N) is 1. The Hall–Kier alpha value is -1.61. The van der Waals surface area contributed by atoms with Crippen LogP contribution in [-0.4, -0.2) is 31.6 Å². The maximum Gasteiger partial charge on any atom is 0.417 e. The Balaban J connectivity index is 3.39. The molecule has 0 heterocycles. The van der Waals surface area contributed by atoms with Crippen LogP contribution in [0.25, 0.3) is 0 Å². The van der Waals surface area contributed by atoms with E-state index in [-0.39, 0.29) is 6.54 Å². The fourth-order valence-corrected chi connectivity index (χ4v) is 3.26. The highest BCUT2D eigenvalue weighted by Gasteiger charge is 2.38. The normalized spacial score (nSPS) is 12.7. The van der Waals surface area contributed by atoms with E-state index in [0.29, 0.717) is 6.07 Å². The second-order valence-electron chi connectivity index (χ2n) is 3.95. The molecule has 20 heavy (non-hydrogen) atoms. The molecule has 0 unspecified atom stereocenters. The summed E-state index contributed by atoms with van der Waals surface area (Å²) in [6.45, 7) is 0.913. The van der Waals surface area contributed by atoms with Gasteiger partial charge in [-0.3, -0.25) is 5.41 Å². The van der Waals surface area contributed by atoms with E-state index in [1.54, 1.807) is 0 Å². The minimum Gasteiger partial charge on any atom is -0.387 e. The van der Waals surface area contributed by atoms with Gasteiger partial charge in [0.25, 0.3) is 0 Å². The van der Waals surface area contributed by atoms with Crippen molar-refractivity contribution >= 4 is 15.9 Å². The summed E-state index contributed by atoms with van der Waals surface area (Å²) in [4.78, 5) is -0.837. The van der Waals surface area contributed by atoms with Gasteiger partial charge < -0.3 is 5.73 Å². The fourth-order valence-electron chi connectivity index (χ4n) is 1.62. The van der Waals surface area contributed by atoms with Gasteiger partial charge in [0.1, 0.15) is 5.84 Å². The van der Waals surface area contributed by atoms with Gasteiger partial charge in [-0.2, -0.15) is 17.5 Å². The van der Waals surface area contributed by atoms with Gasteiger partial charge in [-0.25, -0.2) is 8.42 Å². The molecular formula is C11H14F3N3O2S. The third-order valence-electron chi connectivity index (χ3n) is 2.51. The number of alkyl halides is 3. The minimum absolute atomic E-state index is 0.0892. The van der Waals surface area contributed by atoms with Gasteiger partial charge in [0.15, 0.2) is 0 Å². The van der Waals surface area contributed by atoms with Crippen LogP contribution in [-0.2, 0) is 16.2 Å². The second kappa shape index (κ2) is 5.80. The van der Waals surface area contributed by atoms with Crippen molar-refractivity contribution in [3.05, 3.63) is 29.8 Å². The summed E-state index contributed by atoms with van der Waals surface area (Å²) >= 11 is 0. The lowest BCUT2D eigenvalue weighted by Gasteiger charge is -2.22. The minimum atomic E-state index is -4.78. The van der Waals surface area contributed by atoms with E-state index in [4.69, 9.17) is 11.1 Å². The number of halogens is 3. The number of nitrogens with two attached hydrogens (primary N) is 1. The Bertz CT molecular complexity index is 599. The van der Waals surface area contributed by atoms with Crippen LogP contribution in [0.15, 0.2) is 29.2 Å². The molecule has 0 aromatic heterocycles. The van der Waals surface area contributed by atoms with Crippen molar-refractivity contribution in [2.75, 3.05) is 13.1 Å². The molecule has 0 fully saturated rings. The number of likely N-dealkylation sites (N-methyl/N-ethyl adjacent to an activating group) is 1. The molecule has 1 aromatic rings. The summed E-state index contributed by atoms with van der Waals surface area (Å²) in [5.74, 6) is -0.445. The quantitative estimate of drug-likeness (QED) is 0.640. The maximum atomic E-state index is 12.9. The van der Waals surface area contributed by atoms with Gasteiger partial charge in [-0.05, 0) is 12.1 Å². The number of hydrogen-bond acceptors (Lipinski definition) is 3. The molecular weight excluding hydrogens is 295 g/mol. The first kappa shape index (κ1) is 16.4. The van der Waals surface area contributed by atoms with Crippen LogP contribution < -0.4 is 5.73 Å². The van der Waals surface area contributed by atoms with Crippen LogP contribution in [0.1, 0.15) is 12.5 Å².